The maximum absolute atomic E-state index is 10.9. The fraction of sp³-hybridized carbons (Fsp3) is 0.833. The molecule has 0 rings (SSSR count). The number of aliphatic hydroxyl groups is 1. The van der Waals surface area contributed by atoms with Crippen molar-refractivity contribution in [1.82, 2.24) is 5.32 Å². The molecule has 0 fully saturated rings. The Bertz CT molecular complexity index is 114. The number of hydrogen-bond donors (Lipinski definition) is 3. The third kappa shape index (κ3) is 3.92. The smallest absolute Gasteiger partial charge is 0.250 e. The zero-order chi connectivity index (χ0) is 8.69. The highest BCUT2D eigenvalue weighted by Gasteiger charge is 2.13. The van der Waals surface area contributed by atoms with Crippen molar-refractivity contribution in [2.24, 2.45) is 5.73 Å². The van der Waals surface area contributed by atoms with Gasteiger partial charge in [-0.1, -0.05) is 0 Å². The van der Waals surface area contributed by atoms with E-state index in [4.69, 9.17) is 15.6 Å². The zero-order valence-electron chi connectivity index (χ0n) is 6.54. The van der Waals surface area contributed by atoms with E-state index in [1.165, 1.54) is 7.11 Å². The lowest BCUT2D eigenvalue weighted by molar-refractivity contribution is -0.130. The maximum Gasteiger partial charge on any atom is 0.250 e. The van der Waals surface area contributed by atoms with Crippen molar-refractivity contribution in [2.45, 2.75) is 6.10 Å². The Morgan fingerprint density at radius 2 is 2.45 bits per heavy atom. The Labute approximate surface area is 65.5 Å². The fourth-order valence-electron chi connectivity index (χ4n) is 0.603. The molecule has 0 heterocycles. The minimum atomic E-state index is -0.610. The molecular weight excluding hydrogens is 148 g/mol. The normalized spacial score (nSPS) is 12.6. The van der Waals surface area contributed by atoms with Crippen molar-refractivity contribution in [3.05, 3.63) is 0 Å². The fourth-order valence-corrected chi connectivity index (χ4v) is 0.603. The quantitative estimate of drug-likeness (QED) is 0.439. The van der Waals surface area contributed by atoms with Crippen LogP contribution in [-0.4, -0.2) is 43.9 Å². The third-order valence-corrected chi connectivity index (χ3v) is 1.20. The minimum Gasteiger partial charge on any atom is -0.395 e. The molecule has 1 atom stereocenters. The largest absolute Gasteiger partial charge is 0.395 e. The second kappa shape index (κ2) is 6.09. The predicted molar refractivity (Wildman–Crippen MR) is 39.9 cm³/mol. The Balaban J connectivity index is 3.61. The van der Waals surface area contributed by atoms with Crippen LogP contribution in [0.25, 0.3) is 0 Å². The molecule has 0 saturated carbocycles. The minimum absolute atomic E-state index is 0.0766. The van der Waals surface area contributed by atoms with E-state index in [-0.39, 0.29) is 25.6 Å². The highest BCUT2D eigenvalue weighted by molar-refractivity contribution is 5.80. The molecule has 4 N–H and O–H groups in total. The number of methoxy groups -OCH3 is 1. The van der Waals surface area contributed by atoms with E-state index in [1.54, 1.807) is 0 Å². The first-order valence-corrected chi connectivity index (χ1v) is 3.37. The first-order chi connectivity index (χ1) is 5.26. The molecule has 0 aliphatic carbocycles. The summed E-state index contributed by atoms with van der Waals surface area (Å²) in [5.41, 5.74) is 5.21. The lowest BCUT2D eigenvalue weighted by atomic mass is 10.3. The van der Waals surface area contributed by atoms with E-state index < -0.39 is 6.10 Å². The van der Waals surface area contributed by atoms with Gasteiger partial charge in [-0.05, 0) is 0 Å². The van der Waals surface area contributed by atoms with E-state index >= 15 is 0 Å². The van der Waals surface area contributed by atoms with Crippen LogP contribution in [0.4, 0.5) is 0 Å². The molecule has 0 saturated heterocycles. The predicted octanol–water partition coefficient (Wildman–Crippen LogP) is -1.93. The summed E-state index contributed by atoms with van der Waals surface area (Å²) in [5.74, 6) is -0.288. The number of amides is 1. The average molecular weight is 162 g/mol. The van der Waals surface area contributed by atoms with Gasteiger partial charge in [-0.2, -0.15) is 0 Å². The molecule has 0 aromatic carbocycles. The number of carbonyl (C=O) groups is 1. The Hall–Kier alpha value is -0.650. The van der Waals surface area contributed by atoms with Crippen LogP contribution in [0.1, 0.15) is 0 Å². The molecule has 1 amide bonds. The van der Waals surface area contributed by atoms with Gasteiger partial charge in [-0.3, -0.25) is 4.79 Å². The van der Waals surface area contributed by atoms with Gasteiger partial charge in [0.25, 0.3) is 5.91 Å². The standard InChI is InChI=1S/C6H14N2O3/c1-11-5(4-7)6(10)8-2-3-9/h5,9H,2-4,7H2,1H3,(H,8,10). The first-order valence-electron chi connectivity index (χ1n) is 3.37. The van der Waals surface area contributed by atoms with Crippen molar-refractivity contribution >= 4 is 5.91 Å². The van der Waals surface area contributed by atoms with Gasteiger partial charge in [-0.25, -0.2) is 0 Å². The molecule has 1 unspecified atom stereocenters. The van der Waals surface area contributed by atoms with Crippen molar-refractivity contribution < 1.29 is 14.6 Å². The summed E-state index contributed by atoms with van der Waals surface area (Å²) >= 11 is 0. The summed E-state index contributed by atoms with van der Waals surface area (Å²) in [7, 11) is 1.41. The van der Waals surface area contributed by atoms with Crippen LogP contribution in [0.5, 0.6) is 0 Å². The highest BCUT2D eigenvalue weighted by atomic mass is 16.5. The van der Waals surface area contributed by atoms with E-state index in [2.05, 4.69) is 5.32 Å². The van der Waals surface area contributed by atoms with Gasteiger partial charge < -0.3 is 20.9 Å². The number of nitrogens with one attached hydrogen (secondary N) is 1. The maximum atomic E-state index is 10.9. The van der Waals surface area contributed by atoms with Gasteiger partial charge in [0.1, 0.15) is 6.10 Å². The lowest BCUT2D eigenvalue weighted by Crippen LogP contribution is -2.41. The monoisotopic (exact) mass is 162 g/mol. The number of hydrogen-bond acceptors (Lipinski definition) is 4. The number of nitrogens with two attached hydrogens (primary N) is 1. The molecule has 0 radical (unpaired) electrons. The molecule has 0 aliphatic rings. The van der Waals surface area contributed by atoms with Crippen molar-refractivity contribution in [1.29, 1.82) is 0 Å². The number of carbonyl (C=O) groups excluding carboxylic acids is 1. The Morgan fingerprint density at radius 3 is 2.82 bits per heavy atom. The molecule has 66 valence electrons. The SMILES string of the molecule is COC(CN)C(=O)NCCO. The third-order valence-electron chi connectivity index (χ3n) is 1.20. The van der Waals surface area contributed by atoms with E-state index in [9.17, 15) is 4.79 Å². The van der Waals surface area contributed by atoms with Crippen molar-refractivity contribution in [3.63, 3.8) is 0 Å². The van der Waals surface area contributed by atoms with Crippen LogP contribution in [0.3, 0.4) is 0 Å². The summed E-state index contributed by atoms with van der Waals surface area (Å²) in [6, 6.07) is 0. The average Bonchev–Trinajstić information content (AvgIpc) is 2.03. The van der Waals surface area contributed by atoms with Crippen LogP contribution in [0.2, 0.25) is 0 Å². The van der Waals surface area contributed by atoms with Gasteiger partial charge in [0.15, 0.2) is 0 Å². The molecule has 0 aliphatic heterocycles. The molecule has 0 bridgehead atoms. The van der Waals surface area contributed by atoms with Crippen LogP contribution in [0.15, 0.2) is 0 Å². The van der Waals surface area contributed by atoms with Crippen LogP contribution in [0, 0.1) is 0 Å². The van der Waals surface area contributed by atoms with Crippen molar-refractivity contribution in [2.75, 3.05) is 26.8 Å². The van der Waals surface area contributed by atoms with E-state index in [0.29, 0.717) is 0 Å². The Kier molecular flexibility index (Phi) is 5.73. The summed E-state index contributed by atoms with van der Waals surface area (Å²) in [6.07, 6.45) is -0.610. The summed E-state index contributed by atoms with van der Waals surface area (Å²) in [5, 5.41) is 10.8. The topological polar surface area (TPSA) is 84.6 Å². The lowest BCUT2D eigenvalue weighted by Gasteiger charge is -2.11. The van der Waals surface area contributed by atoms with Crippen LogP contribution in [-0.2, 0) is 9.53 Å². The summed E-state index contributed by atoms with van der Waals surface area (Å²) < 4.78 is 4.74. The summed E-state index contributed by atoms with van der Waals surface area (Å²) in [6.45, 7) is 0.305. The molecule has 5 heteroatoms. The number of ether oxygens (including phenoxy) is 1. The van der Waals surface area contributed by atoms with Gasteiger partial charge >= 0.3 is 0 Å². The van der Waals surface area contributed by atoms with E-state index in [1.807, 2.05) is 0 Å². The summed E-state index contributed by atoms with van der Waals surface area (Å²) in [4.78, 5) is 10.9. The van der Waals surface area contributed by atoms with Gasteiger partial charge in [0.05, 0.1) is 6.61 Å². The number of aliphatic hydroxyl groups excluding tert-OH is 1. The molecule has 0 aromatic heterocycles. The van der Waals surface area contributed by atoms with Crippen LogP contribution < -0.4 is 11.1 Å². The van der Waals surface area contributed by atoms with Gasteiger partial charge in [0, 0.05) is 20.2 Å². The highest BCUT2D eigenvalue weighted by Crippen LogP contribution is 1.85. The van der Waals surface area contributed by atoms with Crippen LogP contribution >= 0.6 is 0 Å². The first kappa shape index (κ1) is 10.3. The molecule has 0 spiro atoms. The zero-order valence-corrected chi connectivity index (χ0v) is 6.54. The van der Waals surface area contributed by atoms with E-state index in [0.717, 1.165) is 0 Å². The van der Waals surface area contributed by atoms with Gasteiger partial charge in [0.2, 0.25) is 0 Å². The number of rotatable bonds is 5. The second-order valence-corrected chi connectivity index (χ2v) is 1.97. The Morgan fingerprint density at radius 1 is 1.82 bits per heavy atom. The van der Waals surface area contributed by atoms with Gasteiger partial charge in [-0.15, -0.1) is 0 Å². The second-order valence-electron chi connectivity index (χ2n) is 1.97. The molecule has 11 heavy (non-hydrogen) atoms. The van der Waals surface area contributed by atoms with Crippen molar-refractivity contribution in [3.8, 4) is 0 Å². The molecular formula is C6H14N2O3. The molecule has 5 nitrogen and oxygen atoms in total. The molecule has 0 aromatic rings.